The summed E-state index contributed by atoms with van der Waals surface area (Å²) in [5.74, 6) is 0.0723. The van der Waals surface area contributed by atoms with Crippen molar-refractivity contribution < 1.29 is 4.79 Å². The highest BCUT2D eigenvalue weighted by Gasteiger charge is 2.08. The Kier molecular flexibility index (Phi) is 7.73. The normalized spacial score (nSPS) is 10.3. The number of hydrogen-bond donors (Lipinski definition) is 2. The van der Waals surface area contributed by atoms with Gasteiger partial charge in [-0.05, 0) is 44.5 Å². The summed E-state index contributed by atoms with van der Waals surface area (Å²) in [4.78, 5) is 13.7. The molecule has 4 heteroatoms. The van der Waals surface area contributed by atoms with Crippen LogP contribution in [0.1, 0.15) is 32.8 Å². The van der Waals surface area contributed by atoms with Gasteiger partial charge in [-0.25, -0.2) is 0 Å². The summed E-state index contributed by atoms with van der Waals surface area (Å²) in [6.07, 6.45) is 1.15. The number of nitrogens with one attached hydrogen (secondary N) is 2. The van der Waals surface area contributed by atoms with E-state index in [9.17, 15) is 4.79 Å². The number of hydrogen-bond acceptors (Lipinski definition) is 3. The summed E-state index contributed by atoms with van der Waals surface area (Å²) in [6.45, 7) is 10.0. The molecular formula is C16H27N3O. The lowest BCUT2D eigenvalue weighted by Gasteiger charge is -2.22. The van der Waals surface area contributed by atoms with Gasteiger partial charge in [0.05, 0.1) is 6.54 Å². The topological polar surface area (TPSA) is 44.4 Å². The second-order valence-corrected chi connectivity index (χ2v) is 4.81. The Hall–Kier alpha value is -1.55. The second kappa shape index (κ2) is 9.37. The summed E-state index contributed by atoms with van der Waals surface area (Å²) in [5.41, 5.74) is 2.37. The molecule has 1 aromatic carbocycles. The van der Waals surface area contributed by atoms with Crippen molar-refractivity contribution in [3.63, 3.8) is 0 Å². The van der Waals surface area contributed by atoms with Crippen LogP contribution in [0.3, 0.4) is 0 Å². The maximum atomic E-state index is 11.7. The lowest BCUT2D eigenvalue weighted by Crippen LogP contribution is -2.37. The fourth-order valence-corrected chi connectivity index (χ4v) is 2.05. The van der Waals surface area contributed by atoms with Crippen molar-refractivity contribution in [3.8, 4) is 0 Å². The minimum atomic E-state index is 0.0723. The monoisotopic (exact) mass is 277 g/mol. The smallest absolute Gasteiger partial charge is 0.239 e. The van der Waals surface area contributed by atoms with Crippen molar-refractivity contribution in [2.45, 2.75) is 33.7 Å². The molecule has 2 N–H and O–H groups in total. The van der Waals surface area contributed by atoms with E-state index in [0.29, 0.717) is 13.1 Å². The van der Waals surface area contributed by atoms with Gasteiger partial charge in [-0.1, -0.05) is 19.1 Å². The zero-order valence-electron chi connectivity index (χ0n) is 12.9. The molecule has 0 spiro atoms. The number of likely N-dealkylation sites (N-methyl/N-ethyl adjacent to an activating group) is 2. The van der Waals surface area contributed by atoms with Crippen LogP contribution in [0.4, 0.5) is 5.69 Å². The summed E-state index contributed by atoms with van der Waals surface area (Å²) in [6, 6.07) is 8.42. The van der Waals surface area contributed by atoms with Gasteiger partial charge in [0.2, 0.25) is 5.91 Å². The van der Waals surface area contributed by atoms with Crippen LogP contribution in [-0.4, -0.2) is 32.1 Å². The zero-order chi connectivity index (χ0) is 14.8. The first-order valence-electron chi connectivity index (χ1n) is 7.52. The van der Waals surface area contributed by atoms with Gasteiger partial charge in [-0.15, -0.1) is 0 Å². The first-order chi connectivity index (χ1) is 9.71. The molecule has 1 amide bonds. The number of amides is 1. The largest absolute Gasteiger partial charge is 0.363 e. The van der Waals surface area contributed by atoms with E-state index in [4.69, 9.17) is 0 Å². The lowest BCUT2D eigenvalue weighted by molar-refractivity contribution is -0.119. The van der Waals surface area contributed by atoms with Crippen LogP contribution in [0.15, 0.2) is 24.3 Å². The molecule has 0 fully saturated rings. The number of carbonyl (C=O) groups is 1. The predicted molar refractivity (Wildman–Crippen MR) is 85.0 cm³/mol. The van der Waals surface area contributed by atoms with Gasteiger partial charge < -0.3 is 15.5 Å². The lowest BCUT2D eigenvalue weighted by atomic mass is 10.2. The standard InChI is InChI=1S/C16H27N3O/c1-4-11-17-12-14-7-9-15(10-8-14)19(6-3)13-16(20)18-5-2/h7-10,17H,4-6,11-13H2,1-3H3,(H,18,20). The molecule has 112 valence electrons. The molecule has 0 atom stereocenters. The average molecular weight is 277 g/mol. The highest BCUT2D eigenvalue weighted by atomic mass is 16.2. The SMILES string of the molecule is CCCNCc1ccc(N(CC)CC(=O)NCC)cc1. The number of nitrogens with zero attached hydrogens (tertiary/aromatic N) is 1. The van der Waals surface area contributed by atoms with Crippen LogP contribution >= 0.6 is 0 Å². The molecule has 0 aliphatic carbocycles. The molecule has 0 radical (unpaired) electrons. The van der Waals surface area contributed by atoms with Crippen LogP contribution in [0, 0.1) is 0 Å². The molecule has 0 aliphatic rings. The molecule has 20 heavy (non-hydrogen) atoms. The van der Waals surface area contributed by atoms with Gasteiger partial charge >= 0.3 is 0 Å². The molecule has 0 saturated heterocycles. The van der Waals surface area contributed by atoms with Crippen LogP contribution in [0.2, 0.25) is 0 Å². The van der Waals surface area contributed by atoms with E-state index in [0.717, 1.165) is 31.7 Å². The van der Waals surface area contributed by atoms with E-state index >= 15 is 0 Å². The van der Waals surface area contributed by atoms with E-state index in [1.165, 1.54) is 5.56 Å². The van der Waals surface area contributed by atoms with Gasteiger partial charge in [0, 0.05) is 25.3 Å². The predicted octanol–water partition coefficient (Wildman–Crippen LogP) is 2.15. The van der Waals surface area contributed by atoms with Crippen molar-refractivity contribution in [1.29, 1.82) is 0 Å². The van der Waals surface area contributed by atoms with Crippen molar-refractivity contribution in [2.24, 2.45) is 0 Å². The summed E-state index contributed by atoms with van der Waals surface area (Å²) >= 11 is 0. The Bertz CT molecular complexity index is 389. The molecule has 1 rings (SSSR count). The average Bonchev–Trinajstić information content (AvgIpc) is 2.46. The Morgan fingerprint density at radius 1 is 1.15 bits per heavy atom. The van der Waals surface area contributed by atoms with Gasteiger partial charge in [0.1, 0.15) is 0 Å². The summed E-state index contributed by atoms with van der Waals surface area (Å²) in [7, 11) is 0. The maximum Gasteiger partial charge on any atom is 0.239 e. The van der Waals surface area contributed by atoms with E-state index in [-0.39, 0.29) is 5.91 Å². The second-order valence-electron chi connectivity index (χ2n) is 4.81. The van der Waals surface area contributed by atoms with Gasteiger partial charge in [0.25, 0.3) is 0 Å². The van der Waals surface area contributed by atoms with Gasteiger partial charge in [0.15, 0.2) is 0 Å². The number of rotatable bonds is 9. The van der Waals surface area contributed by atoms with Gasteiger partial charge in [-0.2, -0.15) is 0 Å². The minimum absolute atomic E-state index is 0.0723. The number of benzene rings is 1. The highest BCUT2D eigenvalue weighted by molar-refractivity contribution is 5.81. The molecule has 0 aromatic heterocycles. The van der Waals surface area contributed by atoms with E-state index in [1.54, 1.807) is 0 Å². The number of carbonyl (C=O) groups excluding carboxylic acids is 1. The van der Waals surface area contributed by atoms with Crippen LogP contribution in [-0.2, 0) is 11.3 Å². The first kappa shape index (κ1) is 16.5. The highest BCUT2D eigenvalue weighted by Crippen LogP contribution is 2.14. The van der Waals surface area contributed by atoms with Crippen molar-refractivity contribution in [2.75, 3.05) is 31.1 Å². The van der Waals surface area contributed by atoms with Crippen molar-refractivity contribution in [3.05, 3.63) is 29.8 Å². The summed E-state index contributed by atoms with van der Waals surface area (Å²) in [5, 5.41) is 6.22. The molecule has 0 aliphatic heterocycles. The van der Waals surface area contributed by atoms with Crippen LogP contribution < -0.4 is 15.5 Å². The Balaban J connectivity index is 2.57. The number of anilines is 1. The quantitative estimate of drug-likeness (QED) is 0.680. The van der Waals surface area contributed by atoms with Crippen LogP contribution in [0.25, 0.3) is 0 Å². The maximum absolute atomic E-state index is 11.7. The Morgan fingerprint density at radius 2 is 1.85 bits per heavy atom. The van der Waals surface area contributed by atoms with E-state index in [2.05, 4.69) is 53.6 Å². The Labute approximate surface area is 122 Å². The third-order valence-electron chi connectivity index (χ3n) is 3.15. The van der Waals surface area contributed by atoms with Crippen molar-refractivity contribution >= 4 is 11.6 Å². The molecule has 0 unspecified atom stereocenters. The molecule has 0 heterocycles. The van der Waals surface area contributed by atoms with E-state index < -0.39 is 0 Å². The van der Waals surface area contributed by atoms with Crippen molar-refractivity contribution in [1.82, 2.24) is 10.6 Å². The molecule has 1 aromatic rings. The zero-order valence-corrected chi connectivity index (χ0v) is 12.9. The molecular weight excluding hydrogens is 250 g/mol. The minimum Gasteiger partial charge on any atom is -0.363 e. The van der Waals surface area contributed by atoms with E-state index in [1.807, 2.05) is 6.92 Å². The first-order valence-corrected chi connectivity index (χ1v) is 7.52. The molecule has 4 nitrogen and oxygen atoms in total. The third kappa shape index (κ3) is 5.61. The summed E-state index contributed by atoms with van der Waals surface area (Å²) < 4.78 is 0. The van der Waals surface area contributed by atoms with Crippen LogP contribution in [0.5, 0.6) is 0 Å². The van der Waals surface area contributed by atoms with Gasteiger partial charge in [-0.3, -0.25) is 4.79 Å². The molecule has 0 bridgehead atoms. The third-order valence-corrected chi connectivity index (χ3v) is 3.15. The molecule has 0 saturated carbocycles. The fraction of sp³-hybridized carbons (Fsp3) is 0.562. The Morgan fingerprint density at radius 3 is 2.40 bits per heavy atom. The fourth-order valence-electron chi connectivity index (χ4n) is 2.05.